The van der Waals surface area contributed by atoms with Crippen LogP contribution in [0.5, 0.6) is 0 Å². The monoisotopic (exact) mass is 229 g/mol. The van der Waals surface area contributed by atoms with Crippen molar-refractivity contribution < 1.29 is 4.79 Å². The molecule has 0 aromatic heterocycles. The third-order valence-electron chi connectivity index (χ3n) is 2.82. The minimum atomic E-state index is -0.0180. The van der Waals surface area contributed by atoms with Crippen LogP contribution in [-0.2, 0) is 4.79 Å². The Bertz CT molecular complexity index is 257. The largest absolute Gasteiger partial charge is 0.393 e. The predicted molar refractivity (Wildman–Crippen MR) is 64.6 cm³/mol. The van der Waals surface area contributed by atoms with Crippen LogP contribution in [0.3, 0.4) is 0 Å². The zero-order chi connectivity index (χ0) is 11.4. The summed E-state index contributed by atoms with van der Waals surface area (Å²) < 4.78 is 0. The Hall–Kier alpha value is -0.680. The molecule has 4 nitrogen and oxygen atoms in total. The second kappa shape index (κ2) is 5.42. The normalized spacial score (nSPS) is 24.7. The second-order valence-corrected chi connectivity index (χ2v) is 4.48. The first-order valence-electron chi connectivity index (χ1n) is 5.37. The number of thiocarbonyl (C=S) groups is 1. The molecule has 0 saturated carbocycles. The number of nitrogens with two attached hydrogens (primary N) is 1. The van der Waals surface area contributed by atoms with E-state index in [9.17, 15) is 4.79 Å². The van der Waals surface area contributed by atoms with Crippen LogP contribution in [0.25, 0.3) is 0 Å². The topological polar surface area (TPSA) is 58.4 Å². The van der Waals surface area contributed by atoms with Crippen molar-refractivity contribution in [2.24, 2.45) is 11.7 Å². The Balaban J connectivity index is 2.58. The molecule has 0 aliphatic carbocycles. The highest BCUT2D eigenvalue weighted by molar-refractivity contribution is 7.80. The lowest BCUT2D eigenvalue weighted by Gasteiger charge is -2.35. The summed E-state index contributed by atoms with van der Waals surface area (Å²) in [6, 6.07) is -0.0180. The number of carbonyl (C=O) groups excluding carboxylic acids is 1. The van der Waals surface area contributed by atoms with E-state index in [0.717, 1.165) is 26.1 Å². The van der Waals surface area contributed by atoms with Gasteiger partial charge in [-0.15, -0.1) is 0 Å². The van der Waals surface area contributed by atoms with Crippen LogP contribution in [0.4, 0.5) is 0 Å². The summed E-state index contributed by atoms with van der Waals surface area (Å²) in [6.45, 7) is 6.41. The van der Waals surface area contributed by atoms with E-state index in [1.165, 1.54) is 0 Å². The fourth-order valence-electron chi connectivity index (χ4n) is 1.87. The molecule has 86 valence electrons. The summed E-state index contributed by atoms with van der Waals surface area (Å²) in [5.41, 5.74) is 5.58. The van der Waals surface area contributed by atoms with Gasteiger partial charge in [0.15, 0.2) is 0 Å². The predicted octanol–water partition coefficient (Wildman–Crippen LogP) is 0.119. The van der Waals surface area contributed by atoms with Crippen LogP contribution in [0, 0.1) is 5.92 Å². The quantitative estimate of drug-likeness (QED) is 0.672. The molecular weight excluding hydrogens is 210 g/mol. The van der Waals surface area contributed by atoms with Crippen LogP contribution < -0.4 is 11.1 Å². The minimum absolute atomic E-state index is 0.0180. The second-order valence-electron chi connectivity index (χ2n) is 4.01. The standard InChI is InChI=1S/C10H19N3OS/c1-3-8-10(14)12-4-5-13(8)6-7(2)9(11)15/h7-8H,3-6H2,1-2H3,(H2,11,15)(H,12,14). The van der Waals surface area contributed by atoms with Gasteiger partial charge in [0.05, 0.1) is 11.0 Å². The molecule has 1 aliphatic rings. The Morgan fingerprint density at radius 1 is 1.80 bits per heavy atom. The molecule has 2 atom stereocenters. The summed E-state index contributed by atoms with van der Waals surface area (Å²) >= 11 is 4.94. The lowest BCUT2D eigenvalue weighted by Crippen LogP contribution is -2.56. The van der Waals surface area contributed by atoms with Crippen molar-refractivity contribution in [1.29, 1.82) is 0 Å². The molecule has 0 radical (unpaired) electrons. The van der Waals surface area contributed by atoms with Gasteiger partial charge < -0.3 is 11.1 Å². The molecule has 0 bridgehead atoms. The summed E-state index contributed by atoms with van der Waals surface area (Å²) in [4.78, 5) is 14.3. The number of rotatable bonds is 4. The van der Waals surface area contributed by atoms with Crippen LogP contribution >= 0.6 is 12.2 Å². The fourth-order valence-corrected chi connectivity index (χ4v) is 1.94. The molecule has 1 heterocycles. The highest BCUT2D eigenvalue weighted by Crippen LogP contribution is 2.11. The van der Waals surface area contributed by atoms with Crippen LogP contribution in [0.1, 0.15) is 20.3 Å². The molecule has 3 N–H and O–H groups in total. The van der Waals surface area contributed by atoms with E-state index in [1.807, 2.05) is 13.8 Å². The first kappa shape index (κ1) is 12.4. The van der Waals surface area contributed by atoms with Gasteiger partial charge in [-0.25, -0.2) is 0 Å². The maximum absolute atomic E-state index is 11.6. The number of amides is 1. The van der Waals surface area contributed by atoms with E-state index in [0.29, 0.717) is 4.99 Å². The zero-order valence-corrected chi connectivity index (χ0v) is 10.1. The van der Waals surface area contributed by atoms with Crippen molar-refractivity contribution in [2.45, 2.75) is 26.3 Å². The van der Waals surface area contributed by atoms with Gasteiger partial charge in [-0.1, -0.05) is 26.1 Å². The molecule has 1 amide bonds. The minimum Gasteiger partial charge on any atom is -0.393 e. The van der Waals surface area contributed by atoms with Gasteiger partial charge in [0.1, 0.15) is 0 Å². The van der Waals surface area contributed by atoms with Gasteiger partial charge >= 0.3 is 0 Å². The zero-order valence-electron chi connectivity index (χ0n) is 9.32. The molecule has 0 spiro atoms. The van der Waals surface area contributed by atoms with Crippen molar-refractivity contribution >= 4 is 23.1 Å². The van der Waals surface area contributed by atoms with Gasteiger partial charge in [-0.05, 0) is 6.42 Å². The van der Waals surface area contributed by atoms with Gasteiger partial charge in [0.2, 0.25) is 5.91 Å². The van der Waals surface area contributed by atoms with Gasteiger partial charge in [0, 0.05) is 25.6 Å². The number of hydrogen-bond acceptors (Lipinski definition) is 3. The SMILES string of the molecule is CCC1C(=O)NCCN1CC(C)C(N)=S. The molecule has 15 heavy (non-hydrogen) atoms. The Morgan fingerprint density at radius 3 is 3.00 bits per heavy atom. The summed E-state index contributed by atoms with van der Waals surface area (Å²) in [5.74, 6) is 0.291. The summed E-state index contributed by atoms with van der Waals surface area (Å²) in [6.07, 6.45) is 0.829. The van der Waals surface area contributed by atoms with E-state index in [1.54, 1.807) is 0 Å². The van der Waals surface area contributed by atoms with Crippen molar-refractivity contribution in [2.75, 3.05) is 19.6 Å². The number of hydrogen-bond donors (Lipinski definition) is 2. The van der Waals surface area contributed by atoms with Gasteiger partial charge in [-0.3, -0.25) is 9.69 Å². The molecule has 5 heteroatoms. The van der Waals surface area contributed by atoms with Crippen LogP contribution in [-0.4, -0.2) is 41.5 Å². The van der Waals surface area contributed by atoms with Crippen molar-refractivity contribution in [3.05, 3.63) is 0 Å². The molecule has 1 fully saturated rings. The van der Waals surface area contributed by atoms with Gasteiger partial charge in [-0.2, -0.15) is 0 Å². The molecule has 1 saturated heterocycles. The van der Waals surface area contributed by atoms with Crippen molar-refractivity contribution in [3.63, 3.8) is 0 Å². The molecule has 2 unspecified atom stereocenters. The highest BCUT2D eigenvalue weighted by atomic mass is 32.1. The van der Waals surface area contributed by atoms with Crippen molar-refractivity contribution in [1.82, 2.24) is 10.2 Å². The first-order chi connectivity index (χ1) is 7.06. The molecule has 0 aromatic carbocycles. The molecule has 0 aromatic rings. The number of nitrogens with zero attached hydrogens (tertiary/aromatic N) is 1. The highest BCUT2D eigenvalue weighted by Gasteiger charge is 2.28. The fraction of sp³-hybridized carbons (Fsp3) is 0.800. The van der Waals surface area contributed by atoms with E-state index < -0.39 is 0 Å². The van der Waals surface area contributed by atoms with E-state index in [-0.39, 0.29) is 17.9 Å². The van der Waals surface area contributed by atoms with E-state index in [2.05, 4.69) is 10.2 Å². The Kier molecular flexibility index (Phi) is 4.47. The Labute approximate surface area is 96.2 Å². The molecular formula is C10H19N3OS. The number of carbonyl (C=O) groups is 1. The molecule has 1 rings (SSSR count). The van der Waals surface area contributed by atoms with Crippen molar-refractivity contribution in [3.8, 4) is 0 Å². The number of nitrogens with one attached hydrogen (secondary N) is 1. The van der Waals surface area contributed by atoms with Gasteiger partial charge in [0.25, 0.3) is 0 Å². The lowest BCUT2D eigenvalue weighted by molar-refractivity contribution is -0.129. The average Bonchev–Trinajstić information content (AvgIpc) is 2.18. The van der Waals surface area contributed by atoms with Crippen LogP contribution in [0.15, 0.2) is 0 Å². The van der Waals surface area contributed by atoms with Crippen LogP contribution in [0.2, 0.25) is 0 Å². The maximum atomic E-state index is 11.6. The third kappa shape index (κ3) is 3.14. The lowest BCUT2D eigenvalue weighted by atomic mass is 10.1. The summed E-state index contributed by atoms with van der Waals surface area (Å²) in [7, 11) is 0. The summed E-state index contributed by atoms with van der Waals surface area (Å²) in [5, 5.41) is 2.87. The molecule has 1 aliphatic heterocycles. The maximum Gasteiger partial charge on any atom is 0.237 e. The average molecular weight is 229 g/mol. The van der Waals surface area contributed by atoms with E-state index in [4.69, 9.17) is 18.0 Å². The Morgan fingerprint density at radius 2 is 2.47 bits per heavy atom. The first-order valence-corrected chi connectivity index (χ1v) is 5.78. The van der Waals surface area contributed by atoms with E-state index >= 15 is 0 Å². The third-order valence-corrected chi connectivity index (χ3v) is 3.22. The number of piperazine rings is 1. The smallest absolute Gasteiger partial charge is 0.237 e.